The Morgan fingerprint density at radius 3 is 2.91 bits per heavy atom. The highest BCUT2D eigenvalue weighted by Crippen LogP contribution is 2.40. The Balaban J connectivity index is 1.67. The van der Waals surface area contributed by atoms with Crippen LogP contribution in [0.3, 0.4) is 0 Å². The van der Waals surface area contributed by atoms with Gasteiger partial charge in [0.1, 0.15) is 0 Å². The summed E-state index contributed by atoms with van der Waals surface area (Å²) in [6, 6.07) is 1.54. The number of nitrogens with zero attached hydrogens (tertiary/aromatic N) is 3. The lowest BCUT2D eigenvalue weighted by molar-refractivity contribution is -0.134. The van der Waals surface area contributed by atoms with Crippen LogP contribution in [0, 0.1) is 5.92 Å². The van der Waals surface area contributed by atoms with Crippen molar-refractivity contribution >= 4 is 5.95 Å². The van der Waals surface area contributed by atoms with Crippen LogP contribution in [0.5, 0.6) is 0 Å². The second-order valence-corrected chi connectivity index (χ2v) is 6.71. The molecule has 2 aliphatic rings. The van der Waals surface area contributed by atoms with Gasteiger partial charge < -0.3 is 10.0 Å². The molecule has 0 bridgehead atoms. The summed E-state index contributed by atoms with van der Waals surface area (Å²) in [5.74, 6) is 0.685. The standard InChI is InChI=1S/C16H22F3N3O/c17-16(18,19)7-4-13-5-9-20-14(21-13)22-10-8-15(23)6-2-1-3-12(15)11-22/h5,9,12,23H,1-4,6-8,10-11H2/t12-,15-/m0/s1. The van der Waals surface area contributed by atoms with E-state index in [4.69, 9.17) is 0 Å². The van der Waals surface area contributed by atoms with Gasteiger partial charge in [-0.3, -0.25) is 0 Å². The van der Waals surface area contributed by atoms with E-state index < -0.39 is 18.2 Å². The molecule has 3 rings (SSSR count). The minimum absolute atomic E-state index is 0.125. The first-order chi connectivity index (χ1) is 10.9. The van der Waals surface area contributed by atoms with Gasteiger partial charge in [-0.05, 0) is 31.7 Å². The zero-order valence-electron chi connectivity index (χ0n) is 13.0. The summed E-state index contributed by atoms with van der Waals surface area (Å²) in [7, 11) is 0. The number of aromatic nitrogens is 2. The van der Waals surface area contributed by atoms with Gasteiger partial charge in [0.2, 0.25) is 5.95 Å². The maximum absolute atomic E-state index is 12.3. The number of piperidine rings is 1. The van der Waals surface area contributed by atoms with E-state index in [0.29, 0.717) is 31.2 Å². The highest BCUT2D eigenvalue weighted by molar-refractivity contribution is 5.32. The number of fused-ring (bicyclic) bond motifs is 1. The smallest absolute Gasteiger partial charge is 0.389 e. The number of alkyl halides is 3. The fourth-order valence-electron chi connectivity index (χ4n) is 3.70. The molecule has 4 nitrogen and oxygen atoms in total. The minimum Gasteiger partial charge on any atom is -0.389 e. The first kappa shape index (κ1) is 16.5. The third kappa shape index (κ3) is 3.94. The van der Waals surface area contributed by atoms with Crippen LogP contribution in [0.2, 0.25) is 0 Å². The van der Waals surface area contributed by atoms with Crippen LogP contribution in [0.25, 0.3) is 0 Å². The van der Waals surface area contributed by atoms with Gasteiger partial charge in [-0.25, -0.2) is 9.97 Å². The quantitative estimate of drug-likeness (QED) is 0.926. The molecular weight excluding hydrogens is 307 g/mol. The zero-order chi connectivity index (χ0) is 16.5. The minimum atomic E-state index is -4.17. The topological polar surface area (TPSA) is 49.2 Å². The predicted molar refractivity (Wildman–Crippen MR) is 80.1 cm³/mol. The molecule has 2 fully saturated rings. The van der Waals surface area contributed by atoms with E-state index in [9.17, 15) is 18.3 Å². The van der Waals surface area contributed by atoms with Crippen LogP contribution in [0.15, 0.2) is 12.3 Å². The molecule has 2 heterocycles. The molecule has 1 saturated heterocycles. The summed E-state index contributed by atoms with van der Waals surface area (Å²) >= 11 is 0. The second kappa shape index (κ2) is 6.26. The van der Waals surface area contributed by atoms with E-state index in [1.807, 2.05) is 4.90 Å². The number of aryl methyl sites for hydroxylation is 1. The number of anilines is 1. The molecule has 2 atom stereocenters. The van der Waals surface area contributed by atoms with Crippen molar-refractivity contribution in [2.45, 2.75) is 56.7 Å². The molecule has 23 heavy (non-hydrogen) atoms. The van der Waals surface area contributed by atoms with E-state index in [1.165, 1.54) is 12.3 Å². The van der Waals surface area contributed by atoms with Gasteiger partial charge in [-0.1, -0.05) is 12.8 Å². The van der Waals surface area contributed by atoms with E-state index >= 15 is 0 Å². The van der Waals surface area contributed by atoms with Gasteiger partial charge in [-0.15, -0.1) is 0 Å². The molecule has 1 aromatic rings. The Morgan fingerprint density at radius 2 is 2.13 bits per heavy atom. The maximum atomic E-state index is 12.3. The molecule has 0 spiro atoms. The molecule has 0 aromatic carbocycles. The molecule has 7 heteroatoms. The lowest BCUT2D eigenvalue weighted by atomic mass is 9.71. The van der Waals surface area contributed by atoms with Crippen LogP contribution in [0.1, 0.15) is 44.2 Å². The highest BCUT2D eigenvalue weighted by Gasteiger charge is 2.43. The Bertz CT molecular complexity index is 552. The SMILES string of the molecule is O[C@]12CCCC[C@H]1CN(c1nccc(CCC(F)(F)F)n1)CC2. The summed E-state index contributed by atoms with van der Waals surface area (Å²) in [4.78, 5) is 10.5. The fraction of sp³-hybridized carbons (Fsp3) is 0.750. The number of rotatable bonds is 3. The van der Waals surface area contributed by atoms with Crippen molar-refractivity contribution in [3.63, 3.8) is 0 Å². The molecule has 128 valence electrons. The van der Waals surface area contributed by atoms with Gasteiger partial charge in [0.25, 0.3) is 0 Å². The first-order valence-corrected chi connectivity index (χ1v) is 8.22. The number of aliphatic hydroxyl groups is 1. The third-order valence-corrected chi connectivity index (χ3v) is 5.08. The fourth-order valence-corrected chi connectivity index (χ4v) is 3.70. The van der Waals surface area contributed by atoms with Crippen molar-refractivity contribution in [2.24, 2.45) is 5.92 Å². The monoisotopic (exact) mass is 329 g/mol. The zero-order valence-corrected chi connectivity index (χ0v) is 13.0. The summed E-state index contributed by atoms with van der Waals surface area (Å²) in [5, 5.41) is 10.7. The summed E-state index contributed by atoms with van der Waals surface area (Å²) in [6.07, 6.45) is 1.05. The first-order valence-electron chi connectivity index (χ1n) is 8.22. The Kier molecular flexibility index (Phi) is 4.49. The van der Waals surface area contributed by atoms with E-state index in [0.717, 1.165) is 25.7 Å². The van der Waals surface area contributed by atoms with E-state index in [1.54, 1.807) is 0 Å². The number of hydrogen-bond acceptors (Lipinski definition) is 4. The molecule has 0 unspecified atom stereocenters. The third-order valence-electron chi connectivity index (χ3n) is 5.08. The van der Waals surface area contributed by atoms with Crippen molar-refractivity contribution in [1.29, 1.82) is 0 Å². The highest BCUT2D eigenvalue weighted by atomic mass is 19.4. The van der Waals surface area contributed by atoms with Crippen molar-refractivity contribution in [3.05, 3.63) is 18.0 Å². The molecule has 1 N–H and O–H groups in total. The van der Waals surface area contributed by atoms with E-state index in [-0.39, 0.29) is 12.3 Å². The van der Waals surface area contributed by atoms with Crippen molar-refractivity contribution < 1.29 is 18.3 Å². The van der Waals surface area contributed by atoms with Crippen LogP contribution in [0.4, 0.5) is 19.1 Å². The average molecular weight is 329 g/mol. The maximum Gasteiger partial charge on any atom is 0.389 e. The van der Waals surface area contributed by atoms with Crippen LogP contribution < -0.4 is 4.90 Å². The lowest BCUT2D eigenvalue weighted by Gasteiger charge is -2.47. The summed E-state index contributed by atoms with van der Waals surface area (Å²) in [5.41, 5.74) is -0.167. The van der Waals surface area contributed by atoms with Crippen molar-refractivity contribution in [2.75, 3.05) is 18.0 Å². The molecule has 0 radical (unpaired) electrons. The normalized spacial score (nSPS) is 28.5. The lowest BCUT2D eigenvalue weighted by Crippen LogP contribution is -2.53. The van der Waals surface area contributed by atoms with Crippen molar-refractivity contribution in [3.8, 4) is 0 Å². The Hall–Kier alpha value is -1.37. The second-order valence-electron chi connectivity index (χ2n) is 6.71. The number of hydrogen-bond donors (Lipinski definition) is 1. The van der Waals surface area contributed by atoms with Crippen molar-refractivity contribution in [1.82, 2.24) is 9.97 Å². The largest absolute Gasteiger partial charge is 0.389 e. The Morgan fingerprint density at radius 1 is 1.30 bits per heavy atom. The van der Waals surface area contributed by atoms with Gasteiger partial charge >= 0.3 is 6.18 Å². The van der Waals surface area contributed by atoms with Crippen LogP contribution in [-0.2, 0) is 6.42 Å². The molecule has 1 aromatic heterocycles. The van der Waals surface area contributed by atoms with Gasteiger partial charge in [0.15, 0.2) is 0 Å². The van der Waals surface area contributed by atoms with Gasteiger partial charge in [-0.2, -0.15) is 13.2 Å². The average Bonchev–Trinajstić information content (AvgIpc) is 2.52. The van der Waals surface area contributed by atoms with Gasteiger partial charge in [0, 0.05) is 37.3 Å². The molecule has 1 saturated carbocycles. The Labute approximate surface area is 133 Å². The van der Waals surface area contributed by atoms with Crippen LogP contribution in [-0.4, -0.2) is 39.9 Å². The molecule has 1 aliphatic carbocycles. The van der Waals surface area contributed by atoms with Crippen LogP contribution >= 0.6 is 0 Å². The molecular formula is C16H22F3N3O. The summed E-state index contributed by atoms with van der Waals surface area (Å²) in [6.45, 7) is 1.33. The summed E-state index contributed by atoms with van der Waals surface area (Å²) < 4.78 is 37.0. The number of halogens is 3. The predicted octanol–water partition coefficient (Wildman–Crippen LogP) is 3.10. The van der Waals surface area contributed by atoms with E-state index in [2.05, 4.69) is 9.97 Å². The molecule has 1 aliphatic heterocycles. The van der Waals surface area contributed by atoms with Gasteiger partial charge in [0.05, 0.1) is 5.60 Å². The molecule has 0 amide bonds.